The zero-order valence-electron chi connectivity index (χ0n) is 19.8. The number of hydrogen-bond acceptors (Lipinski definition) is 6. The van der Waals surface area contributed by atoms with Crippen molar-refractivity contribution in [2.75, 3.05) is 33.4 Å². The molecule has 0 saturated carbocycles. The Bertz CT molecular complexity index is 1070. The van der Waals surface area contributed by atoms with Crippen molar-refractivity contribution >= 4 is 22.5 Å². The van der Waals surface area contributed by atoms with Gasteiger partial charge in [-0.3, -0.25) is 9.97 Å². The van der Waals surface area contributed by atoms with Gasteiger partial charge in [0, 0.05) is 35.6 Å². The standard InChI is InChI=1S/C27H34ClN3O3/c1-34-21-7-8-24-22(17-21)26(23(28)18-30-24)25(33)9-10-27(19-32)11-15-31(16-12-27)14-4-6-20-5-2-3-13-29-20/h2-3,5,7-8,13,17-18,25,32-33H,4,6,9-12,14-16,19H2,1H3. The predicted octanol–water partition coefficient (Wildman–Crippen LogP) is 4.81. The number of aliphatic hydroxyl groups is 2. The summed E-state index contributed by atoms with van der Waals surface area (Å²) in [4.78, 5) is 11.3. The molecular formula is C27H34ClN3O3. The van der Waals surface area contributed by atoms with Gasteiger partial charge in [-0.05, 0) is 93.9 Å². The molecule has 1 aromatic carbocycles. The molecule has 34 heavy (non-hydrogen) atoms. The van der Waals surface area contributed by atoms with Gasteiger partial charge in [0.05, 0.1) is 23.8 Å². The molecule has 1 saturated heterocycles. The molecule has 3 aromatic rings. The monoisotopic (exact) mass is 483 g/mol. The predicted molar refractivity (Wildman–Crippen MR) is 135 cm³/mol. The summed E-state index contributed by atoms with van der Waals surface area (Å²) in [5.41, 5.74) is 2.43. The van der Waals surface area contributed by atoms with Crippen molar-refractivity contribution in [3.63, 3.8) is 0 Å². The second-order valence-corrected chi connectivity index (χ2v) is 9.79. The SMILES string of the molecule is COc1ccc2ncc(Cl)c(C(O)CCC3(CO)CCN(CCCc4ccccn4)CC3)c2c1. The number of aryl methyl sites for hydroxylation is 1. The van der Waals surface area contributed by atoms with Crippen LogP contribution in [0.4, 0.5) is 0 Å². The number of nitrogens with zero attached hydrogens (tertiary/aromatic N) is 3. The Kier molecular flexibility index (Phi) is 8.37. The van der Waals surface area contributed by atoms with E-state index in [1.54, 1.807) is 13.3 Å². The molecular weight excluding hydrogens is 450 g/mol. The third kappa shape index (κ3) is 5.87. The summed E-state index contributed by atoms with van der Waals surface area (Å²) in [6.07, 6.45) is 7.92. The number of rotatable bonds is 10. The minimum absolute atomic E-state index is 0.139. The fourth-order valence-corrected chi connectivity index (χ4v) is 5.27. The number of methoxy groups -OCH3 is 1. The first-order chi connectivity index (χ1) is 16.5. The molecule has 1 atom stereocenters. The maximum absolute atomic E-state index is 11.1. The van der Waals surface area contributed by atoms with E-state index < -0.39 is 6.10 Å². The highest BCUT2D eigenvalue weighted by Crippen LogP contribution is 2.40. The van der Waals surface area contributed by atoms with Crippen molar-refractivity contribution < 1.29 is 14.9 Å². The summed E-state index contributed by atoms with van der Waals surface area (Å²) in [6, 6.07) is 11.7. The topological polar surface area (TPSA) is 78.7 Å². The maximum Gasteiger partial charge on any atom is 0.119 e. The van der Waals surface area contributed by atoms with Crippen LogP contribution in [0.2, 0.25) is 5.02 Å². The zero-order chi connectivity index (χ0) is 24.0. The third-order valence-electron chi connectivity index (χ3n) is 7.24. The Labute approximate surface area is 206 Å². The Balaban J connectivity index is 1.34. The lowest BCUT2D eigenvalue weighted by atomic mass is 9.74. The number of likely N-dealkylation sites (tertiary alicyclic amines) is 1. The maximum atomic E-state index is 11.1. The quantitative estimate of drug-likeness (QED) is 0.430. The Hall–Kier alpha value is -2.25. The van der Waals surface area contributed by atoms with Crippen molar-refractivity contribution in [1.82, 2.24) is 14.9 Å². The number of halogens is 1. The van der Waals surface area contributed by atoms with Gasteiger partial charge in [0.2, 0.25) is 0 Å². The molecule has 1 unspecified atom stereocenters. The van der Waals surface area contributed by atoms with Crippen LogP contribution < -0.4 is 4.74 Å². The molecule has 2 aromatic heterocycles. The van der Waals surface area contributed by atoms with Crippen molar-refractivity contribution in [3.8, 4) is 5.75 Å². The van der Waals surface area contributed by atoms with Crippen LogP contribution in [0.3, 0.4) is 0 Å². The van der Waals surface area contributed by atoms with Crippen LogP contribution in [-0.2, 0) is 6.42 Å². The molecule has 2 N–H and O–H groups in total. The van der Waals surface area contributed by atoms with Gasteiger partial charge in [-0.25, -0.2) is 0 Å². The Morgan fingerprint density at radius 2 is 2.00 bits per heavy atom. The molecule has 0 amide bonds. The van der Waals surface area contributed by atoms with Gasteiger partial charge in [0.15, 0.2) is 0 Å². The number of ether oxygens (including phenoxy) is 1. The van der Waals surface area contributed by atoms with E-state index in [2.05, 4.69) is 20.9 Å². The van der Waals surface area contributed by atoms with Crippen LogP contribution in [0.25, 0.3) is 10.9 Å². The Morgan fingerprint density at radius 3 is 2.71 bits per heavy atom. The number of piperidine rings is 1. The highest BCUT2D eigenvalue weighted by Gasteiger charge is 2.34. The number of hydrogen-bond donors (Lipinski definition) is 2. The first-order valence-corrected chi connectivity index (χ1v) is 12.4. The van der Waals surface area contributed by atoms with Gasteiger partial charge in [0.1, 0.15) is 5.75 Å². The van der Waals surface area contributed by atoms with Crippen LogP contribution in [-0.4, -0.2) is 58.4 Å². The van der Waals surface area contributed by atoms with E-state index in [-0.39, 0.29) is 12.0 Å². The number of pyridine rings is 2. The van der Waals surface area contributed by atoms with Gasteiger partial charge < -0.3 is 19.8 Å². The molecule has 6 nitrogen and oxygen atoms in total. The molecule has 0 aliphatic carbocycles. The van der Waals surface area contributed by atoms with Crippen LogP contribution in [0.15, 0.2) is 48.8 Å². The molecule has 0 spiro atoms. The van der Waals surface area contributed by atoms with E-state index in [1.807, 2.05) is 36.5 Å². The third-order valence-corrected chi connectivity index (χ3v) is 7.54. The van der Waals surface area contributed by atoms with Crippen LogP contribution >= 0.6 is 11.6 Å². The fourth-order valence-electron chi connectivity index (χ4n) is 4.99. The normalized spacial score (nSPS) is 17.1. The minimum Gasteiger partial charge on any atom is -0.497 e. The van der Waals surface area contributed by atoms with Crippen molar-refractivity contribution in [3.05, 3.63) is 65.1 Å². The minimum atomic E-state index is -0.732. The molecule has 1 aliphatic rings. The highest BCUT2D eigenvalue weighted by molar-refractivity contribution is 6.32. The zero-order valence-corrected chi connectivity index (χ0v) is 20.5. The molecule has 0 bridgehead atoms. The lowest BCUT2D eigenvalue weighted by Crippen LogP contribution is -2.42. The first kappa shape index (κ1) is 24.9. The van der Waals surface area contributed by atoms with Crippen molar-refractivity contribution in [1.29, 1.82) is 0 Å². The molecule has 4 rings (SSSR count). The molecule has 7 heteroatoms. The summed E-state index contributed by atoms with van der Waals surface area (Å²) >= 11 is 6.47. The van der Waals surface area contributed by atoms with Gasteiger partial charge in [-0.1, -0.05) is 17.7 Å². The summed E-state index contributed by atoms with van der Waals surface area (Å²) in [5.74, 6) is 0.701. The highest BCUT2D eigenvalue weighted by atomic mass is 35.5. The van der Waals surface area contributed by atoms with E-state index in [0.717, 1.165) is 68.3 Å². The summed E-state index contributed by atoms with van der Waals surface area (Å²) in [5, 5.41) is 22.7. The Morgan fingerprint density at radius 1 is 1.18 bits per heavy atom. The van der Waals surface area contributed by atoms with E-state index in [0.29, 0.717) is 22.8 Å². The lowest BCUT2D eigenvalue weighted by molar-refractivity contribution is 0.0234. The average molecular weight is 484 g/mol. The van der Waals surface area contributed by atoms with Crippen LogP contribution in [0, 0.1) is 5.41 Å². The molecule has 1 aliphatic heterocycles. The van der Waals surface area contributed by atoms with E-state index in [4.69, 9.17) is 16.3 Å². The van der Waals surface area contributed by atoms with Crippen LogP contribution in [0.5, 0.6) is 5.75 Å². The van der Waals surface area contributed by atoms with Gasteiger partial charge in [0.25, 0.3) is 0 Å². The molecule has 3 heterocycles. The number of aromatic nitrogens is 2. The largest absolute Gasteiger partial charge is 0.497 e. The molecule has 0 radical (unpaired) electrons. The smallest absolute Gasteiger partial charge is 0.119 e. The van der Waals surface area contributed by atoms with E-state index in [1.165, 1.54) is 0 Å². The second kappa shape index (κ2) is 11.5. The second-order valence-electron chi connectivity index (χ2n) is 9.38. The van der Waals surface area contributed by atoms with Crippen molar-refractivity contribution in [2.45, 2.75) is 44.6 Å². The summed E-state index contributed by atoms with van der Waals surface area (Å²) in [6.45, 7) is 3.12. The molecule has 182 valence electrons. The van der Waals surface area contributed by atoms with E-state index >= 15 is 0 Å². The van der Waals surface area contributed by atoms with Crippen LogP contribution in [0.1, 0.15) is 49.5 Å². The fraction of sp³-hybridized carbons (Fsp3) is 0.481. The first-order valence-electron chi connectivity index (χ1n) is 12.1. The average Bonchev–Trinajstić information content (AvgIpc) is 2.88. The van der Waals surface area contributed by atoms with Crippen molar-refractivity contribution in [2.24, 2.45) is 5.41 Å². The number of aliphatic hydroxyl groups excluding tert-OH is 2. The number of benzene rings is 1. The summed E-state index contributed by atoms with van der Waals surface area (Å²) < 4.78 is 5.35. The summed E-state index contributed by atoms with van der Waals surface area (Å²) in [7, 11) is 1.62. The number of fused-ring (bicyclic) bond motifs is 1. The van der Waals surface area contributed by atoms with Gasteiger partial charge in [-0.2, -0.15) is 0 Å². The molecule has 1 fully saturated rings. The van der Waals surface area contributed by atoms with E-state index in [9.17, 15) is 10.2 Å². The van der Waals surface area contributed by atoms with Gasteiger partial charge >= 0.3 is 0 Å². The van der Waals surface area contributed by atoms with Gasteiger partial charge in [-0.15, -0.1) is 0 Å². The lowest BCUT2D eigenvalue weighted by Gasteiger charge is -2.41.